The summed E-state index contributed by atoms with van der Waals surface area (Å²) >= 11 is 3.50. The first-order chi connectivity index (χ1) is 9.72. The molecule has 2 aliphatic rings. The summed E-state index contributed by atoms with van der Waals surface area (Å²) in [5.41, 5.74) is 0.958. The van der Waals surface area contributed by atoms with Crippen LogP contribution in [0.2, 0.25) is 0 Å². The number of rotatable bonds is 5. The highest BCUT2D eigenvalue weighted by Gasteiger charge is 2.34. The van der Waals surface area contributed by atoms with Crippen LogP contribution < -0.4 is 14.8 Å². The lowest BCUT2D eigenvalue weighted by Gasteiger charge is -2.26. The Hall–Kier alpha value is -0.820. The maximum Gasteiger partial charge on any atom is 0.231 e. The molecule has 0 spiro atoms. The maximum atomic E-state index is 5.59. The van der Waals surface area contributed by atoms with Gasteiger partial charge in [0.05, 0.1) is 11.1 Å². The number of hydrogen-bond acceptors (Lipinski definition) is 5. The summed E-state index contributed by atoms with van der Waals surface area (Å²) in [6.07, 6.45) is 0.932. The summed E-state index contributed by atoms with van der Waals surface area (Å²) in [4.78, 5) is 0. The molecule has 0 bridgehead atoms. The van der Waals surface area contributed by atoms with Crippen LogP contribution in [0.3, 0.4) is 0 Å². The Labute approximate surface area is 126 Å². The maximum absolute atomic E-state index is 5.59. The lowest BCUT2D eigenvalue weighted by atomic mass is 10.0. The first-order valence-corrected chi connectivity index (χ1v) is 7.43. The van der Waals surface area contributed by atoms with Crippen molar-refractivity contribution in [1.82, 2.24) is 5.32 Å². The van der Waals surface area contributed by atoms with Gasteiger partial charge in [-0.25, -0.2) is 0 Å². The quantitative estimate of drug-likeness (QED) is 0.886. The molecule has 2 heterocycles. The van der Waals surface area contributed by atoms with Gasteiger partial charge in [0.2, 0.25) is 6.79 Å². The molecule has 1 aromatic rings. The second-order valence-corrected chi connectivity index (χ2v) is 5.96. The molecule has 1 saturated heterocycles. The third kappa shape index (κ3) is 2.79. The first kappa shape index (κ1) is 14.1. The largest absolute Gasteiger partial charge is 0.454 e. The molecule has 0 aromatic heterocycles. The average Bonchev–Trinajstić information content (AvgIpc) is 3.08. The number of halogens is 1. The monoisotopic (exact) mass is 343 g/mol. The van der Waals surface area contributed by atoms with E-state index in [1.165, 1.54) is 0 Å². The van der Waals surface area contributed by atoms with Gasteiger partial charge in [-0.05, 0) is 33.6 Å². The van der Waals surface area contributed by atoms with Crippen molar-refractivity contribution in [2.24, 2.45) is 0 Å². The zero-order valence-electron chi connectivity index (χ0n) is 11.4. The van der Waals surface area contributed by atoms with Crippen molar-refractivity contribution in [2.45, 2.75) is 18.6 Å². The number of nitrogens with one attached hydrogen (secondary N) is 1. The van der Waals surface area contributed by atoms with Gasteiger partial charge >= 0.3 is 0 Å². The summed E-state index contributed by atoms with van der Waals surface area (Å²) < 4.78 is 22.7. The number of hydrogen-bond donors (Lipinski definition) is 1. The fraction of sp³-hybridized carbons (Fsp3) is 0.571. The van der Waals surface area contributed by atoms with Crippen LogP contribution in [0.5, 0.6) is 11.5 Å². The van der Waals surface area contributed by atoms with Gasteiger partial charge in [0, 0.05) is 33.2 Å². The van der Waals surface area contributed by atoms with E-state index in [0.717, 1.165) is 47.7 Å². The highest BCUT2D eigenvalue weighted by Crippen LogP contribution is 2.39. The van der Waals surface area contributed by atoms with Gasteiger partial charge < -0.3 is 24.3 Å². The van der Waals surface area contributed by atoms with Crippen molar-refractivity contribution >= 4 is 15.9 Å². The summed E-state index contributed by atoms with van der Waals surface area (Å²) in [5, 5.41) is 3.43. The first-order valence-electron chi connectivity index (χ1n) is 6.64. The lowest BCUT2D eigenvalue weighted by Crippen LogP contribution is -2.42. The Balaban J connectivity index is 1.60. The summed E-state index contributed by atoms with van der Waals surface area (Å²) in [5.74, 6) is 1.58. The number of benzene rings is 1. The van der Waals surface area contributed by atoms with Crippen molar-refractivity contribution in [2.75, 3.05) is 33.7 Å². The standard InChI is InChI=1S/C14H18BrNO4/c1-17-14(2-3-18-8-14)7-16-6-10-4-11(15)13-12(5-10)19-9-20-13/h4-5,16H,2-3,6-9H2,1H3. The highest BCUT2D eigenvalue weighted by molar-refractivity contribution is 9.10. The second-order valence-electron chi connectivity index (χ2n) is 5.10. The molecule has 20 heavy (non-hydrogen) atoms. The molecular weight excluding hydrogens is 326 g/mol. The van der Waals surface area contributed by atoms with Crippen LogP contribution in [0, 0.1) is 0 Å². The topological polar surface area (TPSA) is 49.0 Å². The summed E-state index contributed by atoms with van der Waals surface area (Å²) in [6, 6.07) is 4.05. The molecule has 1 unspecified atom stereocenters. The molecule has 0 radical (unpaired) electrons. The molecule has 2 aliphatic heterocycles. The van der Waals surface area contributed by atoms with Gasteiger partial charge in [-0.3, -0.25) is 0 Å². The third-order valence-corrected chi connectivity index (χ3v) is 4.35. The molecule has 5 nitrogen and oxygen atoms in total. The fourth-order valence-electron chi connectivity index (χ4n) is 2.52. The van der Waals surface area contributed by atoms with Gasteiger partial charge in [0.25, 0.3) is 0 Å². The minimum atomic E-state index is -0.187. The molecule has 0 saturated carbocycles. The SMILES string of the molecule is COC1(CNCc2cc(Br)c3c(c2)OCO3)CCOC1. The average molecular weight is 344 g/mol. The predicted octanol–water partition coefficient (Wildman–Crippen LogP) is 2.07. The molecule has 1 aromatic carbocycles. The zero-order valence-corrected chi connectivity index (χ0v) is 13.0. The van der Waals surface area contributed by atoms with E-state index in [4.69, 9.17) is 18.9 Å². The van der Waals surface area contributed by atoms with E-state index in [1.807, 2.05) is 12.1 Å². The molecule has 1 atom stereocenters. The van der Waals surface area contributed by atoms with Gasteiger partial charge in [0.15, 0.2) is 11.5 Å². The van der Waals surface area contributed by atoms with Crippen LogP contribution in [0.15, 0.2) is 16.6 Å². The minimum Gasteiger partial charge on any atom is -0.454 e. The van der Waals surface area contributed by atoms with Crippen LogP contribution in [0.25, 0.3) is 0 Å². The van der Waals surface area contributed by atoms with E-state index in [1.54, 1.807) is 7.11 Å². The van der Waals surface area contributed by atoms with E-state index in [9.17, 15) is 0 Å². The number of ether oxygens (including phenoxy) is 4. The van der Waals surface area contributed by atoms with Gasteiger partial charge in [-0.15, -0.1) is 0 Å². The predicted molar refractivity (Wildman–Crippen MR) is 77.1 cm³/mol. The van der Waals surface area contributed by atoms with Crippen molar-refractivity contribution < 1.29 is 18.9 Å². The molecule has 1 N–H and O–H groups in total. The number of methoxy groups -OCH3 is 1. The van der Waals surface area contributed by atoms with Crippen LogP contribution >= 0.6 is 15.9 Å². The minimum absolute atomic E-state index is 0.187. The number of fused-ring (bicyclic) bond motifs is 1. The molecule has 3 rings (SSSR count). The van der Waals surface area contributed by atoms with Crippen molar-refractivity contribution in [3.05, 3.63) is 22.2 Å². The lowest BCUT2D eigenvalue weighted by molar-refractivity contribution is -0.0159. The third-order valence-electron chi connectivity index (χ3n) is 3.76. The van der Waals surface area contributed by atoms with Crippen LogP contribution in [0.4, 0.5) is 0 Å². The van der Waals surface area contributed by atoms with Crippen LogP contribution in [0.1, 0.15) is 12.0 Å². The zero-order chi connectivity index (χ0) is 14.0. The Morgan fingerprint density at radius 1 is 1.40 bits per heavy atom. The van der Waals surface area contributed by atoms with Crippen LogP contribution in [-0.2, 0) is 16.0 Å². The second kappa shape index (κ2) is 5.89. The Bertz CT molecular complexity index is 488. The molecule has 110 valence electrons. The Kier molecular flexibility index (Phi) is 4.16. The molecule has 0 aliphatic carbocycles. The highest BCUT2D eigenvalue weighted by atomic mass is 79.9. The molecule has 0 amide bonds. The normalized spacial score (nSPS) is 24.3. The Morgan fingerprint density at radius 2 is 2.30 bits per heavy atom. The Morgan fingerprint density at radius 3 is 3.05 bits per heavy atom. The van der Waals surface area contributed by atoms with Crippen molar-refractivity contribution in [3.8, 4) is 11.5 Å². The molecule has 6 heteroatoms. The fourth-order valence-corrected chi connectivity index (χ4v) is 3.12. The van der Waals surface area contributed by atoms with Gasteiger partial charge in [0.1, 0.15) is 5.60 Å². The summed E-state index contributed by atoms with van der Waals surface area (Å²) in [7, 11) is 1.74. The molecule has 1 fully saturated rings. The van der Waals surface area contributed by atoms with Crippen molar-refractivity contribution in [1.29, 1.82) is 0 Å². The van der Waals surface area contributed by atoms with E-state index in [2.05, 4.69) is 21.2 Å². The molecular formula is C14H18BrNO4. The van der Waals surface area contributed by atoms with E-state index in [-0.39, 0.29) is 12.4 Å². The van der Waals surface area contributed by atoms with Gasteiger partial charge in [-0.1, -0.05) is 0 Å². The van der Waals surface area contributed by atoms with Gasteiger partial charge in [-0.2, -0.15) is 0 Å². The van der Waals surface area contributed by atoms with Crippen molar-refractivity contribution in [3.63, 3.8) is 0 Å². The van der Waals surface area contributed by atoms with E-state index >= 15 is 0 Å². The van der Waals surface area contributed by atoms with E-state index < -0.39 is 0 Å². The smallest absolute Gasteiger partial charge is 0.231 e. The summed E-state index contributed by atoms with van der Waals surface area (Å²) in [6.45, 7) is 3.23. The van der Waals surface area contributed by atoms with E-state index in [0.29, 0.717) is 6.61 Å². The van der Waals surface area contributed by atoms with Crippen LogP contribution in [-0.4, -0.2) is 39.3 Å².